The van der Waals surface area contributed by atoms with Gasteiger partial charge in [0.1, 0.15) is 0 Å². The van der Waals surface area contributed by atoms with Gasteiger partial charge in [-0.25, -0.2) is 9.59 Å². The third-order valence-electron chi connectivity index (χ3n) is 0.805. The normalized spacial score (nSPS) is 13.2. The van der Waals surface area contributed by atoms with Crippen molar-refractivity contribution < 1.29 is 65.0 Å². The molecule has 0 aromatic carbocycles. The summed E-state index contributed by atoms with van der Waals surface area (Å²) in [6.07, 6.45) is -4.53. The number of aliphatic carboxylic acids is 2. The summed E-state index contributed by atoms with van der Waals surface area (Å²) in [5, 5.41) is 32.5. The van der Waals surface area contributed by atoms with Gasteiger partial charge in [0, 0.05) is 0 Å². The molecule has 0 rings (SSSR count). The molecular formula is C4H7NaO7. The Labute approximate surface area is 89.2 Å². The minimum atomic E-state index is -2.27. The van der Waals surface area contributed by atoms with Crippen molar-refractivity contribution in [1.82, 2.24) is 0 Å². The fraction of sp³-hybridized carbons (Fsp3) is 0.500. The first kappa shape index (κ1) is 17.8. The molecule has 66 valence electrons. The third-order valence-corrected chi connectivity index (χ3v) is 0.805. The van der Waals surface area contributed by atoms with Gasteiger partial charge in [0.2, 0.25) is 0 Å². The minimum absolute atomic E-state index is 0. The summed E-state index contributed by atoms with van der Waals surface area (Å²) in [4.78, 5) is 19.5. The smallest absolute Gasteiger partial charge is 0.870 e. The van der Waals surface area contributed by atoms with Gasteiger partial charge in [-0.1, -0.05) is 0 Å². The van der Waals surface area contributed by atoms with Gasteiger partial charge in [0.25, 0.3) is 0 Å². The summed E-state index contributed by atoms with van der Waals surface area (Å²) in [5.74, 6) is -3.54. The van der Waals surface area contributed by atoms with Crippen LogP contribution in [0.25, 0.3) is 0 Å². The van der Waals surface area contributed by atoms with Crippen molar-refractivity contribution in [2.45, 2.75) is 12.2 Å². The minimum Gasteiger partial charge on any atom is -0.870 e. The largest absolute Gasteiger partial charge is 1.00 e. The van der Waals surface area contributed by atoms with E-state index in [0.717, 1.165) is 0 Å². The molecule has 7 nitrogen and oxygen atoms in total. The molecule has 8 heteroatoms. The van der Waals surface area contributed by atoms with Crippen LogP contribution in [-0.2, 0) is 9.59 Å². The Morgan fingerprint density at radius 2 is 1.08 bits per heavy atom. The van der Waals surface area contributed by atoms with E-state index in [2.05, 4.69) is 0 Å². The third kappa shape index (κ3) is 5.47. The predicted molar refractivity (Wildman–Crippen MR) is 29.2 cm³/mol. The standard InChI is InChI=1S/C4H6O6.Na.H2O/c5-1(3(7)8)2(6)4(9)10;;/h1-2,5-6H,(H,7,8)(H,9,10);;1H2/q;+1;/p-1. The second-order valence-corrected chi connectivity index (χ2v) is 1.57. The van der Waals surface area contributed by atoms with Crippen LogP contribution in [0.1, 0.15) is 0 Å². The first-order valence-electron chi connectivity index (χ1n) is 2.28. The van der Waals surface area contributed by atoms with E-state index in [9.17, 15) is 9.59 Å². The molecular weight excluding hydrogens is 183 g/mol. The number of rotatable bonds is 3. The molecule has 0 aromatic rings. The number of carboxylic acids is 2. The van der Waals surface area contributed by atoms with Gasteiger partial charge >= 0.3 is 41.5 Å². The summed E-state index contributed by atoms with van der Waals surface area (Å²) in [6.45, 7) is 0. The van der Waals surface area contributed by atoms with Crippen molar-refractivity contribution in [2.24, 2.45) is 0 Å². The Kier molecular flexibility index (Phi) is 11.1. The monoisotopic (exact) mass is 190 g/mol. The first-order chi connectivity index (χ1) is 4.46. The van der Waals surface area contributed by atoms with E-state index >= 15 is 0 Å². The van der Waals surface area contributed by atoms with Crippen LogP contribution in [0.3, 0.4) is 0 Å². The van der Waals surface area contributed by atoms with Gasteiger partial charge in [0.15, 0.2) is 12.2 Å². The molecule has 0 aliphatic heterocycles. The Morgan fingerprint density at radius 3 is 1.17 bits per heavy atom. The quantitative estimate of drug-likeness (QED) is 0.325. The molecule has 0 saturated heterocycles. The van der Waals surface area contributed by atoms with Crippen molar-refractivity contribution in [2.75, 3.05) is 0 Å². The van der Waals surface area contributed by atoms with Crippen LogP contribution in [0, 0.1) is 0 Å². The van der Waals surface area contributed by atoms with E-state index in [1.165, 1.54) is 0 Å². The number of carboxylic acid groups (broad SMARTS) is 2. The van der Waals surface area contributed by atoms with Gasteiger partial charge in [0.05, 0.1) is 0 Å². The van der Waals surface area contributed by atoms with Crippen LogP contribution in [0.2, 0.25) is 0 Å². The predicted octanol–water partition coefficient (Wildman–Crippen LogP) is -5.30. The molecule has 0 radical (unpaired) electrons. The summed E-state index contributed by atoms with van der Waals surface area (Å²) >= 11 is 0. The molecule has 0 fully saturated rings. The second-order valence-electron chi connectivity index (χ2n) is 1.57. The maximum atomic E-state index is 9.77. The van der Waals surface area contributed by atoms with Crippen molar-refractivity contribution in [3.05, 3.63) is 0 Å². The maximum absolute atomic E-state index is 9.77. The van der Waals surface area contributed by atoms with E-state index in [1.807, 2.05) is 0 Å². The van der Waals surface area contributed by atoms with Gasteiger partial charge in [-0.2, -0.15) is 0 Å². The molecule has 0 bridgehead atoms. The van der Waals surface area contributed by atoms with Gasteiger partial charge in [-0.05, 0) is 0 Å². The molecule has 0 heterocycles. The Bertz CT molecular complexity index is 139. The number of aliphatic hydroxyl groups excluding tert-OH is 2. The van der Waals surface area contributed by atoms with Gasteiger partial charge in [-0.3, -0.25) is 0 Å². The number of carbonyl (C=O) groups is 2. The SMILES string of the molecule is O=C(O)C(O)C(O)C(=O)O.[Na+].[OH-]. The first-order valence-corrected chi connectivity index (χ1v) is 2.28. The Morgan fingerprint density at radius 1 is 0.917 bits per heavy atom. The van der Waals surface area contributed by atoms with Crippen LogP contribution in [0.5, 0.6) is 0 Å². The van der Waals surface area contributed by atoms with E-state index in [1.54, 1.807) is 0 Å². The zero-order valence-electron chi connectivity index (χ0n) is 6.21. The summed E-state index contributed by atoms with van der Waals surface area (Å²) in [7, 11) is 0. The van der Waals surface area contributed by atoms with Crippen molar-refractivity contribution in [1.29, 1.82) is 0 Å². The molecule has 0 saturated carbocycles. The topological polar surface area (TPSA) is 145 Å². The second kappa shape index (κ2) is 7.47. The fourth-order valence-corrected chi connectivity index (χ4v) is 0.270. The Hall–Kier alpha value is -0.180. The van der Waals surface area contributed by atoms with Crippen LogP contribution in [0.4, 0.5) is 0 Å². The molecule has 2 unspecified atom stereocenters. The molecule has 5 N–H and O–H groups in total. The van der Waals surface area contributed by atoms with Crippen LogP contribution < -0.4 is 29.6 Å². The zero-order chi connectivity index (χ0) is 8.31. The molecule has 0 amide bonds. The molecule has 0 aliphatic carbocycles. The summed E-state index contributed by atoms with van der Waals surface area (Å²) < 4.78 is 0. The maximum Gasteiger partial charge on any atom is 1.00 e. The summed E-state index contributed by atoms with van der Waals surface area (Å²) in [5.41, 5.74) is 0. The molecule has 0 aliphatic rings. The van der Waals surface area contributed by atoms with Crippen molar-refractivity contribution >= 4 is 11.9 Å². The Balaban J connectivity index is -0.000000405. The van der Waals surface area contributed by atoms with E-state index in [0.29, 0.717) is 0 Å². The van der Waals surface area contributed by atoms with E-state index in [4.69, 9.17) is 20.4 Å². The van der Waals surface area contributed by atoms with Crippen LogP contribution >= 0.6 is 0 Å². The zero-order valence-corrected chi connectivity index (χ0v) is 8.21. The van der Waals surface area contributed by atoms with Crippen LogP contribution in [0.15, 0.2) is 0 Å². The molecule has 12 heavy (non-hydrogen) atoms. The van der Waals surface area contributed by atoms with Gasteiger partial charge < -0.3 is 25.9 Å². The van der Waals surface area contributed by atoms with E-state index in [-0.39, 0.29) is 35.0 Å². The number of aliphatic hydroxyl groups is 2. The molecule has 2 atom stereocenters. The van der Waals surface area contributed by atoms with Gasteiger partial charge in [-0.15, -0.1) is 0 Å². The van der Waals surface area contributed by atoms with Crippen molar-refractivity contribution in [3.63, 3.8) is 0 Å². The summed E-state index contributed by atoms with van der Waals surface area (Å²) in [6, 6.07) is 0. The fourth-order valence-electron chi connectivity index (χ4n) is 0.270. The molecule has 0 spiro atoms. The number of hydrogen-bond acceptors (Lipinski definition) is 5. The van der Waals surface area contributed by atoms with E-state index < -0.39 is 24.1 Å². The van der Waals surface area contributed by atoms with Crippen molar-refractivity contribution in [3.8, 4) is 0 Å². The average molecular weight is 190 g/mol. The molecule has 0 aromatic heterocycles. The average Bonchev–Trinajstić information content (AvgIpc) is 1.84. The number of hydrogen-bond donors (Lipinski definition) is 4. The van der Waals surface area contributed by atoms with Crippen LogP contribution in [-0.4, -0.2) is 50.0 Å².